The highest BCUT2D eigenvalue weighted by molar-refractivity contribution is 6.01. The highest BCUT2D eigenvalue weighted by Gasteiger charge is 2.35. The summed E-state index contributed by atoms with van der Waals surface area (Å²) in [5.41, 5.74) is 8.16. The minimum absolute atomic E-state index is 0.0941. The molecule has 1 atom stereocenters. The molecule has 0 aromatic heterocycles. The first-order valence-electron chi connectivity index (χ1n) is 9.66. The van der Waals surface area contributed by atoms with E-state index in [2.05, 4.69) is 17.8 Å². The van der Waals surface area contributed by atoms with Gasteiger partial charge in [0.15, 0.2) is 0 Å². The Morgan fingerprint density at radius 3 is 2.59 bits per heavy atom. The first kappa shape index (κ1) is 20.4. The Morgan fingerprint density at radius 1 is 1.10 bits per heavy atom. The molecular weight excluding hydrogens is 368 g/mol. The van der Waals surface area contributed by atoms with Crippen molar-refractivity contribution >= 4 is 29.1 Å². The molecule has 1 aliphatic rings. The van der Waals surface area contributed by atoms with E-state index in [4.69, 9.17) is 0 Å². The molecule has 7 heteroatoms. The number of carbonyl (C=O) groups is 3. The van der Waals surface area contributed by atoms with E-state index in [1.165, 1.54) is 0 Å². The second kappa shape index (κ2) is 8.77. The third-order valence-corrected chi connectivity index (χ3v) is 5.05. The molecule has 1 heterocycles. The summed E-state index contributed by atoms with van der Waals surface area (Å²) in [5.74, 6) is -1.38. The number of carbonyl (C=O) groups excluding carboxylic acids is 3. The summed E-state index contributed by atoms with van der Waals surface area (Å²) < 4.78 is 0. The molecule has 0 spiro atoms. The summed E-state index contributed by atoms with van der Waals surface area (Å²) >= 11 is 0. The number of benzene rings is 2. The summed E-state index contributed by atoms with van der Waals surface area (Å²) in [7, 11) is 3.77. The van der Waals surface area contributed by atoms with E-state index < -0.39 is 11.8 Å². The topological polar surface area (TPSA) is 81.8 Å². The summed E-state index contributed by atoms with van der Waals surface area (Å²) in [5, 5.41) is 0. The molecular formula is C22H26N4O3. The van der Waals surface area contributed by atoms with Crippen molar-refractivity contribution in [1.29, 1.82) is 0 Å². The van der Waals surface area contributed by atoms with Crippen LogP contribution in [0.5, 0.6) is 0 Å². The van der Waals surface area contributed by atoms with Crippen LogP contribution < -0.4 is 20.7 Å². The van der Waals surface area contributed by atoms with E-state index in [0.717, 1.165) is 23.4 Å². The van der Waals surface area contributed by atoms with Crippen molar-refractivity contribution in [3.05, 3.63) is 59.7 Å². The largest absolute Gasteiger partial charge is 0.378 e. The number of hydrogen-bond acceptors (Lipinski definition) is 4. The van der Waals surface area contributed by atoms with Gasteiger partial charge in [0.05, 0.1) is 5.92 Å². The first-order chi connectivity index (χ1) is 13.9. The van der Waals surface area contributed by atoms with Crippen molar-refractivity contribution < 1.29 is 14.4 Å². The van der Waals surface area contributed by atoms with E-state index in [9.17, 15) is 14.4 Å². The van der Waals surface area contributed by atoms with Gasteiger partial charge < -0.3 is 9.80 Å². The predicted molar refractivity (Wildman–Crippen MR) is 113 cm³/mol. The van der Waals surface area contributed by atoms with Gasteiger partial charge in [0.1, 0.15) is 0 Å². The van der Waals surface area contributed by atoms with Crippen LogP contribution in [0.3, 0.4) is 0 Å². The average Bonchev–Trinajstić information content (AvgIpc) is 3.13. The Bertz CT molecular complexity index is 926. The molecule has 0 unspecified atom stereocenters. The van der Waals surface area contributed by atoms with Crippen molar-refractivity contribution in [2.75, 3.05) is 30.4 Å². The van der Waals surface area contributed by atoms with Crippen LogP contribution >= 0.6 is 0 Å². The lowest BCUT2D eigenvalue weighted by atomic mass is 10.1. The SMILES string of the molecule is CCc1cccc(N2C[C@H](C(=O)NNC(=O)c3cccc(N(C)C)c3)CC2=O)c1. The van der Waals surface area contributed by atoms with Gasteiger partial charge in [-0.2, -0.15) is 0 Å². The van der Waals surface area contributed by atoms with Crippen molar-refractivity contribution in [2.45, 2.75) is 19.8 Å². The molecule has 0 saturated carbocycles. The maximum atomic E-state index is 12.5. The van der Waals surface area contributed by atoms with Gasteiger partial charge in [-0.05, 0) is 42.3 Å². The Labute approximate surface area is 170 Å². The van der Waals surface area contributed by atoms with Crippen LogP contribution in [-0.2, 0) is 16.0 Å². The maximum Gasteiger partial charge on any atom is 0.269 e. The third kappa shape index (κ3) is 4.74. The van der Waals surface area contributed by atoms with E-state index in [0.29, 0.717) is 12.1 Å². The maximum absolute atomic E-state index is 12.5. The van der Waals surface area contributed by atoms with Gasteiger partial charge in [0.2, 0.25) is 11.8 Å². The number of nitrogens with zero attached hydrogens (tertiary/aromatic N) is 2. The van der Waals surface area contributed by atoms with Crippen LogP contribution in [0.1, 0.15) is 29.3 Å². The molecule has 3 amide bonds. The highest BCUT2D eigenvalue weighted by atomic mass is 16.2. The number of hydrazine groups is 1. The van der Waals surface area contributed by atoms with Crippen molar-refractivity contribution in [1.82, 2.24) is 10.9 Å². The second-order valence-electron chi connectivity index (χ2n) is 7.32. The van der Waals surface area contributed by atoms with E-state index in [1.807, 2.05) is 49.3 Å². The van der Waals surface area contributed by atoms with Gasteiger partial charge in [-0.1, -0.05) is 25.1 Å². The molecule has 2 N–H and O–H groups in total. The molecule has 3 rings (SSSR count). The van der Waals surface area contributed by atoms with Gasteiger partial charge in [0, 0.05) is 44.0 Å². The predicted octanol–water partition coefficient (Wildman–Crippen LogP) is 2.13. The van der Waals surface area contributed by atoms with Crippen molar-refractivity contribution in [2.24, 2.45) is 5.92 Å². The Morgan fingerprint density at radius 2 is 1.86 bits per heavy atom. The molecule has 2 aromatic carbocycles. The van der Waals surface area contributed by atoms with Gasteiger partial charge in [-0.25, -0.2) is 0 Å². The van der Waals surface area contributed by atoms with E-state index in [1.54, 1.807) is 23.1 Å². The molecule has 1 fully saturated rings. The molecule has 7 nitrogen and oxygen atoms in total. The lowest BCUT2D eigenvalue weighted by Crippen LogP contribution is -2.45. The molecule has 152 valence electrons. The standard InChI is InChI=1S/C22H26N4O3/c1-4-15-7-5-10-19(11-15)26-14-17(13-20(26)27)22(29)24-23-21(28)16-8-6-9-18(12-16)25(2)3/h5-12,17H,4,13-14H2,1-3H3,(H,23,28)(H,24,29)/t17-/m1/s1. The zero-order valence-corrected chi connectivity index (χ0v) is 16.9. The van der Waals surface area contributed by atoms with Gasteiger partial charge in [-0.15, -0.1) is 0 Å². The first-order valence-corrected chi connectivity index (χ1v) is 9.66. The smallest absolute Gasteiger partial charge is 0.269 e. The minimum Gasteiger partial charge on any atom is -0.378 e. The fourth-order valence-corrected chi connectivity index (χ4v) is 3.29. The quantitative estimate of drug-likeness (QED) is 0.762. The van der Waals surface area contributed by atoms with E-state index in [-0.39, 0.29) is 18.2 Å². The van der Waals surface area contributed by atoms with E-state index >= 15 is 0 Å². The summed E-state index contributed by atoms with van der Waals surface area (Å²) in [6, 6.07) is 14.9. The van der Waals surface area contributed by atoms with Crippen LogP contribution in [-0.4, -0.2) is 38.4 Å². The average molecular weight is 394 g/mol. The minimum atomic E-state index is -0.513. The molecule has 2 aromatic rings. The number of rotatable bonds is 5. The summed E-state index contributed by atoms with van der Waals surface area (Å²) in [4.78, 5) is 40.8. The molecule has 0 radical (unpaired) electrons. The van der Waals surface area contributed by atoms with Crippen LogP contribution in [0.25, 0.3) is 0 Å². The number of hydrogen-bond donors (Lipinski definition) is 2. The molecule has 1 aliphatic heterocycles. The van der Waals surface area contributed by atoms with Crippen LogP contribution in [0, 0.1) is 5.92 Å². The van der Waals surface area contributed by atoms with Crippen molar-refractivity contribution in [3.8, 4) is 0 Å². The molecule has 0 aliphatic carbocycles. The van der Waals surface area contributed by atoms with Gasteiger partial charge in [-0.3, -0.25) is 25.2 Å². The van der Waals surface area contributed by atoms with Crippen molar-refractivity contribution in [3.63, 3.8) is 0 Å². The second-order valence-corrected chi connectivity index (χ2v) is 7.32. The Hall–Kier alpha value is -3.35. The van der Waals surface area contributed by atoms with Crippen LogP contribution in [0.4, 0.5) is 11.4 Å². The summed E-state index contributed by atoms with van der Waals surface area (Å²) in [6.07, 6.45) is 0.995. The third-order valence-electron chi connectivity index (χ3n) is 5.05. The van der Waals surface area contributed by atoms with Crippen LogP contribution in [0.15, 0.2) is 48.5 Å². The Balaban J connectivity index is 1.59. The normalized spacial score (nSPS) is 15.9. The number of aryl methyl sites for hydroxylation is 1. The number of anilines is 2. The zero-order valence-electron chi connectivity index (χ0n) is 16.9. The van der Waals surface area contributed by atoms with Gasteiger partial charge in [0.25, 0.3) is 5.91 Å². The number of amides is 3. The fourth-order valence-electron chi connectivity index (χ4n) is 3.29. The number of nitrogens with one attached hydrogen (secondary N) is 2. The van der Waals surface area contributed by atoms with Crippen LogP contribution in [0.2, 0.25) is 0 Å². The molecule has 0 bridgehead atoms. The monoisotopic (exact) mass is 394 g/mol. The Kier molecular flexibility index (Phi) is 6.16. The zero-order chi connectivity index (χ0) is 21.0. The molecule has 1 saturated heterocycles. The molecule has 29 heavy (non-hydrogen) atoms. The lowest BCUT2D eigenvalue weighted by molar-refractivity contribution is -0.126. The fraction of sp³-hybridized carbons (Fsp3) is 0.318. The van der Waals surface area contributed by atoms with Gasteiger partial charge >= 0.3 is 0 Å². The lowest BCUT2D eigenvalue weighted by Gasteiger charge is -2.18. The summed E-state index contributed by atoms with van der Waals surface area (Å²) in [6.45, 7) is 2.35. The highest BCUT2D eigenvalue weighted by Crippen LogP contribution is 2.26.